The van der Waals surface area contributed by atoms with Gasteiger partial charge >= 0.3 is 0 Å². The van der Waals surface area contributed by atoms with Crippen molar-refractivity contribution in [2.75, 3.05) is 13.1 Å². The van der Waals surface area contributed by atoms with Gasteiger partial charge in [-0.1, -0.05) is 119 Å². The van der Waals surface area contributed by atoms with Crippen molar-refractivity contribution in [1.29, 1.82) is 10.8 Å². The molecule has 5 heteroatoms. The van der Waals surface area contributed by atoms with E-state index in [0.29, 0.717) is 18.8 Å². The highest BCUT2D eigenvalue weighted by molar-refractivity contribution is 6.00. The monoisotopic (exact) mass is 548 g/mol. The molecule has 2 aromatic carbocycles. The van der Waals surface area contributed by atoms with E-state index in [1.165, 1.54) is 23.1 Å². The lowest BCUT2D eigenvalue weighted by atomic mass is 9.89. The van der Waals surface area contributed by atoms with Crippen LogP contribution < -0.4 is 5.32 Å². The first-order chi connectivity index (χ1) is 19.4. The minimum atomic E-state index is 0.0586. The predicted octanol–water partition coefficient (Wildman–Crippen LogP) is 8.84. The van der Waals surface area contributed by atoms with Crippen LogP contribution in [0, 0.1) is 16.7 Å². The van der Waals surface area contributed by atoms with Crippen LogP contribution in [-0.4, -0.2) is 35.6 Å². The van der Waals surface area contributed by atoms with Crippen LogP contribution in [0.3, 0.4) is 0 Å². The average molecular weight is 549 g/mol. The fraction of sp³-hybridized carbons (Fsp3) is 0.514. The summed E-state index contributed by atoms with van der Waals surface area (Å²) >= 11 is 0. The van der Waals surface area contributed by atoms with Crippen molar-refractivity contribution in [3.05, 3.63) is 83.4 Å². The molecule has 0 aliphatic heterocycles. The Balaban J connectivity index is 0.00000150. The highest BCUT2D eigenvalue weighted by atomic mass is 16.1. The third-order valence-electron chi connectivity index (χ3n) is 6.60. The summed E-state index contributed by atoms with van der Waals surface area (Å²) in [6.07, 6.45) is 9.51. The summed E-state index contributed by atoms with van der Waals surface area (Å²) in [5, 5.41) is 20.2. The Labute approximate surface area is 245 Å². The van der Waals surface area contributed by atoms with Gasteiger partial charge in [-0.15, -0.1) is 0 Å². The van der Waals surface area contributed by atoms with Gasteiger partial charge in [-0.2, -0.15) is 0 Å². The Bertz CT molecular complexity index is 959. The van der Waals surface area contributed by atoms with Gasteiger partial charge in [0.15, 0.2) is 0 Å². The summed E-state index contributed by atoms with van der Waals surface area (Å²) < 4.78 is 0. The lowest BCUT2D eigenvalue weighted by molar-refractivity contribution is -0.125. The Morgan fingerprint density at radius 3 is 1.77 bits per heavy atom. The fourth-order valence-electron chi connectivity index (χ4n) is 4.14. The van der Waals surface area contributed by atoms with Gasteiger partial charge in [0, 0.05) is 18.9 Å². The van der Waals surface area contributed by atoms with Crippen LogP contribution in [0.5, 0.6) is 0 Å². The number of hydrogen-bond donors (Lipinski definition) is 3. The molecule has 3 rings (SSSR count). The molecule has 1 aliphatic carbocycles. The number of nitrogens with zero attached hydrogens (tertiary/aromatic N) is 1. The molecular formula is C35H56N4O. The molecule has 0 unspecified atom stereocenters. The number of amides is 1. The van der Waals surface area contributed by atoms with Crippen molar-refractivity contribution >= 4 is 17.6 Å². The average Bonchev–Trinajstić information content (AvgIpc) is 3.02. The van der Waals surface area contributed by atoms with Gasteiger partial charge in [0.1, 0.15) is 11.7 Å². The molecule has 0 aromatic heterocycles. The molecule has 1 aliphatic rings. The number of amidine groups is 2. The number of benzene rings is 2. The van der Waals surface area contributed by atoms with Crippen LogP contribution in [0.1, 0.15) is 98.1 Å². The van der Waals surface area contributed by atoms with Crippen molar-refractivity contribution in [3.8, 4) is 0 Å². The molecule has 0 heterocycles. The number of rotatable bonds is 9. The summed E-state index contributed by atoms with van der Waals surface area (Å²) in [6, 6.07) is 20.3. The first-order valence-electron chi connectivity index (χ1n) is 15.3. The molecule has 0 spiro atoms. The Morgan fingerprint density at radius 2 is 1.30 bits per heavy atom. The molecule has 1 amide bonds. The first-order valence-corrected chi connectivity index (χ1v) is 15.3. The lowest BCUT2D eigenvalue weighted by Crippen LogP contribution is -2.45. The third-order valence-corrected chi connectivity index (χ3v) is 6.60. The summed E-state index contributed by atoms with van der Waals surface area (Å²) in [6.45, 7) is 14.9. The number of carbonyl (C=O) groups is 1. The summed E-state index contributed by atoms with van der Waals surface area (Å²) in [5.41, 5.74) is 3.75. The van der Waals surface area contributed by atoms with E-state index in [1.807, 2.05) is 71.0 Å². The normalized spacial score (nSPS) is 12.1. The van der Waals surface area contributed by atoms with Crippen LogP contribution in [-0.2, 0) is 17.6 Å². The lowest BCUT2D eigenvalue weighted by Gasteiger charge is -2.27. The molecule has 2 aromatic rings. The molecule has 1 fully saturated rings. The number of aryl methyl sites for hydroxylation is 1. The van der Waals surface area contributed by atoms with Gasteiger partial charge in [-0.25, -0.2) is 0 Å². The maximum atomic E-state index is 12.5. The van der Waals surface area contributed by atoms with E-state index in [2.05, 4.69) is 49.5 Å². The maximum absolute atomic E-state index is 12.5. The molecule has 0 atom stereocenters. The minimum absolute atomic E-state index is 0.0586. The van der Waals surface area contributed by atoms with Crippen LogP contribution in [0.4, 0.5) is 0 Å². The topological polar surface area (TPSA) is 80.0 Å². The Hall–Kier alpha value is -3.21. The molecule has 0 saturated heterocycles. The summed E-state index contributed by atoms with van der Waals surface area (Å²) in [4.78, 5) is 14.3. The Kier molecular flexibility index (Phi) is 21.8. The number of hydrogen-bond acceptors (Lipinski definition) is 3. The summed E-state index contributed by atoms with van der Waals surface area (Å²) in [7, 11) is 0. The molecule has 0 radical (unpaired) electrons. The second kappa shape index (κ2) is 23.7. The molecular weight excluding hydrogens is 492 g/mol. The number of nitrogens with one attached hydrogen (secondary N) is 3. The SMILES string of the molecule is CC.CC.CC=C(C)C.N=C(CCc1ccccc1)N(CCc1ccccc1)C(=N)CNC(=O)C1CCCCC1. The number of carbonyl (C=O) groups excluding carboxylic acids is 1. The highest BCUT2D eigenvalue weighted by Gasteiger charge is 2.22. The molecule has 5 nitrogen and oxygen atoms in total. The largest absolute Gasteiger partial charge is 0.349 e. The van der Waals surface area contributed by atoms with Crippen molar-refractivity contribution in [2.45, 2.75) is 99.8 Å². The molecule has 3 N–H and O–H groups in total. The molecule has 40 heavy (non-hydrogen) atoms. The molecule has 0 bridgehead atoms. The fourth-order valence-corrected chi connectivity index (χ4v) is 4.14. The maximum Gasteiger partial charge on any atom is 0.223 e. The van der Waals surface area contributed by atoms with Crippen LogP contribution in [0.2, 0.25) is 0 Å². The van der Waals surface area contributed by atoms with Crippen molar-refractivity contribution < 1.29 is 4.79 Å². The zero-order valence-corrected chi connectivity index (χ0v) is 26.4. The minimum Gasteiger partial charge on any atom is -0.349 e. The van der Waals surface area contributed by atoms with Gasteiger partial charge in [0.2, 0.25) is 5.91 Å². The van der Waals surface area contributed by atoms with E-state index in [4.69, 9.17) is 10.8 Å². The first kappa shape index (κ1) is 36.8. The van der Waals surface area contributed by atoms with Gasteiger partial charge in [0.25, 0.3) is 0 Å². The van der Waals surface area contributed by atoms with E-state index in [0.717, 1.165) is 38.5 Å². The second-order valence-corrected chi connectivity index (χ2v) is 9.68. The quantitative estimate of drug-likeness (QED) is 0.166. The summed E-state index contributed by atoms with van der Waals surface area (Å²) in [5.74, 6) is 0.856. The van der Waals surface area contributed by atoms with Gasteiger partial charge in [-0.3, -0.25) is 15.6 Å². The zero-order chi connectivity index (χ0) is 30.2. The third kappa shape index (κ3) is 16.0. The van der Waals surface area contributed by atoms with Gasteiger partial charge in [-0.05, 0) is 57.6 Å². The predicted molar refractivity (Wildman–Crippen MR) is 174 cm³/mol. The zero-order valence-electron chi connectivity index (χ0n) is 26.4. The van der Waals surface area contributed by atoms with E-state index in [9.17, 15) is 4.79 Å². The van der Waals surface area contributed by atoms with Crippen molar-refractivity contribution in [3.63, 3.8) is 0 Å². The second-order valence-electron chi connectivity index (χ2n) is 9.68. The number of allylic oxidation sites excluding steroid dienone is 2. The highest BCUT2D eigenvalue weighted by Crippen LogP contribution is 2.23. The van der Waals surface area contributed by atoms with Crippen LogP contribution >= 0.6 is 0 Å². The smallest absolute Gasteiger partial charge is 0.223 e. The van der Waals surface area contributed by atoms with Crippen LogP contribution in [0.15, 0.2) is 72.3 Å². The van der Waals surface area contributed by atoms with Gasteiger partial charge < -0.3 is 10.2 Å². The van der Waals surface area contributed by atoms with E-state index in [-0.39, 0.29) is 24.2 Å². The van der Waals surface area contributed by atoms with Crippen LogP contribution in [0.25, 0.3) is 0 Å². The Morgan fingerprint density at radius 1 is 0.825 bits per heavy atom. The molecule has 1 saturated carbocycles. The van der Waals surface area contributed by atoms with Gasteiger partial charge in [0.05, 0.1) is 6.54 Å². The standard InChI is InChI=1S/C26H34N4O.C5H10.2C2H6/c27-24(17-16-21-10-4-1-5-11-21)30(19-18-22-12-6-2-7-13-22)25(28)20-29-26(31)23-14-8-3-9-15-23;1-4-5(2)3;2*1-2/h1-2,4-7,10-13,23,27-28H,3,8-9,14-20H2,(H,29,31);4H,1-3H3;2*1-2H3. The molecule has 222 valence electrons. The van der Waals surface area contributed by atoms with Crippen molar-refractivity contribution in [1.82, 2.24) is 10.2 Å². The van der Waals surface area contributed by atoms with E-state index in [1.54, 1.807) is 4.90 Å². The van der Waals surface area contributed by atoms with E-state index >= 15 is 0 Å². The van der Waals surface area contributed by atoms with Crippen molar-refractivity contribution in [2.24, 2.45) is 5.92 Å². The van der Waals surface area contributed by atoms with E-state index < -0.39 is 0 Å².